The largest absolute Gasteiger partial charge is 2.00 e. The molecule has 18 nitrogen and oxygen atoms in total. The molecule has 0 saturated heterocycles. The van der Waals surface area contributed by atoms with E-state index in [-0.39, 0.29) is 98.6 Å². The number of benzene rings is 8. The molecule has 0 aliphatic heterocycles. The Morgan fingerprint density at radius 3 is 1.45 bits per heavy atom. The Morgan fingerprint density at radius 2 is 1.00 bits per heavy atom. The van der Waals surface area contributed by atoms with Gasteiger partial charge in [-0.15, -0.1) is 5.11 Å². The number of amides is 2. The second kappa shape index (κ2) is 26.3. The number of phenolic OH excluding ortho intramolecular Hbond substituents is 1. The molecule has 0 fully saturated rings. The first-order chi connectivity index (χ1) is 36.2. The van der Waals surface area contributed by atoms with Crippen molar-refractivity contribution in [3.05, 3.63) is 166 Å². The third-order valence-electron chi connectivity index (χ3n) is 11.4. The quantitative estimate of drug-likeness (QED) is 0.0399. The number of hydrogen-bond acceptors (Lipinski definition) is 15. The van der Waals surface area contributed by atoms with E-state index in [0.29, 0.717) is 81.6 Å². The Kier molecular flexibility index (Phi) is 20.4. The van der Waals surface area contributed by atoms with Gasteiger partial charge in [-0.25, -0.2) is 8.42 Å². The molecule has 4 N–H and O–H groups in total. The molecular formula is C54H46BaCl2N6O12S2. The summed E-state index contributed by atoms with van der Waals surface area (Å²) < 4.78 is 78.0. The van der Waals surface area contributed by atoms with Crippen molar-refractivity contribution in [1.82, 2.24) is 0 Å². The summed E-state index contributed by atoms with van der Waals surface area (Å²) in [7, 11) is -9.32. The van der Waals surface area contributed by atoms with Gasteiger partial charge >= 0.3 is 48.9 Å². The van der Waals surface area contributed by atoms with Gasteiger partial charge in [0.2, 0.25) is 0 Å². The van der Waals surface area contributed by atoms with Crippen LogP contribution in [0.25, 0.3) is 21.5 Å². The minimum atomic E-state index is -4.79. The molecule has 77 heavy (non-hydrogen) atoms. The Hall–Kier alpha value is -6.41. The molecule has 0 heterocycles. The fraction of sp³-hybridized carbons (Fsp3) is 0.148. The average molecular weight is 1240 g/mol. The monoisotopic (exact) mass is 1240 g/mol. The van der Waals surface area contributed by atoms with Gasteiger partial charge in [0.1, 0.15) is 32.2 Å². The summed E-state index contributed by atoms with van der Waals surface area (Å²) in [4.78, 5) is 25.2. The van der Waals surface area contributed by atoms with Crippen LogP contribution in [0.2, 0.25) is 10.0 Å². The van der Waals surface area contributed by atoms with E-state index in [1.807, 2.05) is 13.8 Å². The smallest absolute Gasteiger partial charge is 0.870 e. The maximum Gasteiger partial charge on any atom is 2.00 e. The van der Waals surface area contributed by atoms with E-state index in [2.05, 4.69) is 31.1 Å². The van der Waals surface area contributed by atoms with Gasteiger partial charge in [-0.2, -0.15) is 23.8 Å². The van der Waals surface area contributed by atoms with Crippen LogP contribution in [0.3, 0.4) is 0 Å². The number of fused-ring (bicyclic) bond motifs is 2. The summed E-state index contributed by atoms with van der Waals surface area (Å²) >= 11 is 12.1. The van der Waals surface area contributed by atoms with Crippen LogP contribution < -0.4 is 25.2 Å². The SMILES string of the molecule is CCOc1ccc(NC(=O)c2cc3ccccc3c(N=Nc3cc(Cl)c(S(=O)(=O)O)cc3CC)c2O)cc1.CCOc1ccc(NC(=O)c2cc3ccccc3c(N=Nc3cc(Cl)c(S(=O)(=O)[O-])cc3CC)c2[O-])cc1.[Ba+2]. The molecule has 0 saturated carbocycles. The summed E-state index contributed by atoms with van der Waals surface area (Å²) in [6.45, 7) is 8.28. The zero-order valence-corrected chi connectivity index (χ0v) is 49.2. The molecule has 8 aromatic rings. The first-order valence-electron chi connectivity index (χ1n) is 23.2. The van der Waals surface area contributed by atoms with Crippen molar-refractivity contribution < 1.29 is 55.2 Å². The minimum absolute atomic E-state index is 0. The van der Waals surface area contributed by atoms with Gasteiger partial charge in [-0.1, -0.05) is 91.3 Å². The van der Waals surface area contributed by atoms with Crippen molar-refractivity contribution in [3.63, 3.8) is 0 Å². The van der Waals surface area contributed by atoms with Crippen molar-refractivity contribution in [2.45, 2.75) is 50.3 Å². The number of nitrogens with zero attached hydrogens (tertiary/aromatic N) is 4. The second-order valence-corrected chi connectivity index (χ2v) is 19.9. The van der Waals surface area contributed by atoms with E-state index in [1.54, 1.807) is 117 Å². The van der Waals surface area contributed by atoms with Crippen LogP contribution in [0.5, 0.6) is 23.0 Å². The molecule has 0 aliphatic rings. The van der Waals surface area contributed by atoms with Crippen LogP contribution in [-0.4, -0.2) is 105 Å². The van der Waals surface area contributed by atoms with Crippen LogP contribution in [0.15, 0.2) is 164 Å². The standard InChI is InChI=1S/2C27H24ClN3O6S.Ba/c2*1-3-16-14-24(38(34,35)36)22(28)15-23(16)30-31-25-20-8-6-5-7-17(20)13-21(26(25)32)27(33)29-18-9-11-19(12-10-18)37-4-2;/h2*5-15,32H,3-4H2,1-2H3,(H,29,33)(H,34,35,36);/q;;+2/p-2. The molecule has 8 rings (SSSR count). The molecule has 0 bridgehead atoms. The van der Waals surface area contributed by atoms with Gasteiger partial charge in [0, 0.05) is 27.7 Å². The third-order valence-corrected chi connectivity index (χ3v) is 14.0. The molecule has 2 amide bonds. The first kappa shape index (κ1) is 59.8. The summed E-state index contributed by atoms with van der Waals surface area (Å²) in [5.74, 6) is -0.880. The van der Waals surface area contributed by atoms with Gasteiger partial charge in [0.25, 0.3) is 21.9 Å². The van der Waals surface area contributed by atoms with Crippen molar-refractivity contribution >= 4 is 160 Å². The van der Waals surface area contributed by atoms with Crippen LogP contribution in [0.1, 0.15) is 59.5 Å². The molecule has 0 aromatic heterocycles. The van der Waals surface area contributed by atoms with E-state index < -0.39 is 47.6 Å². The Bertz CT molecular complexity index is 3560. The number of azo groups is 2. The molecule has 0 atom stereocenters. The minimum Gasteiger partial charge on any atom is -0.870 e. The predicted molar refractivity (Wildman–Crippen MR) is 294 cm³/mol. The fourth-order valence-electron chi connectivity index (χ4n) is 7.69. The van der Waals surface area contributed by atoms with Gasteiger partial charge in [-0.3, -0.25) is 14.1 Å². The molecular weight excluding hydrogens is 1200 g/mol. The molecule has 0 radical (unpaired) electrons. The number of halogens is 2. The van der Waals surface area contributed by atoms with E-state index >= 15 is 0 Å². The first-order valence-corrected chi connectivity index (χ1v) is 26.8. The predicted octanol–water partition coefficient (Wildman–Crippen LogP) is 12.8. The Labute approximate surface area is 493 Å². The zero-order valence-electron chi connectivity index (χ0n) is 41.6. The number of ether oxygens (including phenoxy) is 2. The van der Waals surface area contributed by atoms with Gasteiger partial charge < -0.3 is 34.9 Å². The van der Waals surface area contributed by atoms with Gasteiger partial charge in [0.15, 0.2) is 5.75 Å². The molecule has 0 unspecified atom stereocenters. The number of aromatic hydroxyl groups is 1. The van der Waals surface area contributed by atoms with Crippen molar-refractivity contribution in [2.75, 3.05) is 23.8 Å². The molecule has 8 aromatic carbocycles. The number of phenols is 1. The number of carbonyl (C=O) groups excluding carboxylic acids is 2. The third kappa shape index (κ3) is 14.6. The number of nitrogens with one attached hydrogen (secondary N) is 2. The number of carbonyl (C=O) groups is 2. The van der Waals surface area contributed by atoms with Gasteiger partial charge in [0.05, 0.1) is 50.8 Å². The fourth-order valence-corrected chi connectivity index (χ4v) is 9.76. The van der Waals surface area contributed by atoms with E-state index in [4.69, 9.17) is 32.7 Å². The average Bonchev–Trinajstić information content (AvgIpc) is 3.38. The number of hydrogen-bond donors (Lipinski definition) is 4. The maximum absolute atomic E-state index is 13.4. The molecule has 392 valence electrons. The normalized spacial score (nSPS) is 11.5. The van der Waals surface area contributed by atoms with E-state index in [0.717, 1.165) is 6.07 Å². The van der Waals surface area contributed by atoms with Crippen LogP contribution >= 0.6 is 23.2 Å². The maximum atomic E-state index is 13.4. The second-order valence-electron chi connectivity index (χ2n) is 16.3. The van der Waals surface area contributed by atoms with Crippen molar-refractivity contribution in [1.29, 1.82) is 0 Å². The van der Waals surface area contributed by atoms with Gasteiger partial charge in [-0.05, 0) is 134 Å². The number of rotatable bonds is 16. The van der Waals surface area contributed by atoms with Crippen LogP contribution in [-0.2, 0) is 33.1 Å². The Morgan fingerprint density at radius 1 is 0.584 bits per heavy atom. The van der Waals surface area contributed by atoms with Crippen molar-refractivity contribution in [3.8, 4) is 23.0 Å². The summed E-state index contributed by atoms with van der Waals surface area (Å²) in [6.07, 6.45) is 0.689. The zero-order chi connectivity index (χ0) is 54.9. The molecule has 0 spiro atoms. The van der Waals surface area contributed by atoms with E-state index in [1.165, 1.54) is 24.3 Å². The summed E-state index contributed by atoms with van der Waals surface area (Å²) in [5.41, 5.74) is 2.12. The Balaban J connectivity index is 0.000000246. The van der Waals surface area contributed by atoms with Crippen LogP contribution in [0.4, 0.5) is 34.1 Å². The number of anilines is 2. The summed E-state index contributed by atoms with van der Waals surface area (Å²) in [6, 6.07) is 35.4. The van der Waals surface area contributed by atoms with E-state index in [9.17, 15) is 45.7 Å². The molecule has 23 heteroatoms. The summed E-state index contributed by atoms with van der Waals surface area (Å²) in [5, 5.41) is 48.4. The van der Waals surface area contributed by atoms with Crippen molar-refractivity contribution in [2.24, 2.45) is 20.5 Å². The molecule has 0 aliphatic carbocycles. The van der Waals surface area contributed by atoms with Crippen LogP contribution in [0, 0.1) is 0 Å². The number of aryl methyl sites for hydroxylation is 2. The topological polar surface area (TPSA) is 281 Å².